The zero-order valence-electron chi connectivity index (χ0n) is 16.5. The molecule has 0 aliphatic carbocycles. The maximum atomic E-state index is 5.99. The molecule has 0 saturated heterocycles. The summed E-state index contributed by atoms with van der Waals surface area (Å²) in [5, 5.41) is 4.73. The predicted molar refractivity (Wildman–Crippen MR) is 116 cm³/mol. The van der Waals surface area contributed by atoms with Gasteiger partial charge in [-0.05, 0) is 48.7 Å². The average molecular weight is 379 g/mol. The van der Waals surface area contributed by atoms with Crippen molar-refractivity contribution >= 4 is 11.1 Å². The first-order valence-electron chi connectivity index (χ1n) is 9.72. The lowest BCUT2D eigenvalue weighted by molar-refractivity contribution is 0.608. The number of rotatable bonds is 4. The lowest BCUT2D eigenvalue weighted by Crippen LogP contribution is -2.03. The van der Waals surface area contributed by atoms with Crippen LogP contribution in [0.3, 0.4) is 0 Å². The van der Waals surface area contributed by atoms with Gasteiger partial charge < -0.3 is 4.42 Å². The predicted octanol–water partition coefficient (Wildman–Crippen LogP) is 6.02. The van der Waals surface area contributed by atoms with E-state index >= 15 is 0 Å². The normalized spacial score (nSPS) is 11.2. The first-order chi connectivity index (χ1) is 14.2. The van der Waals surface area contributed by atoms with Crippen LogP contribution in [0.15, 0.2) is 83.3 Å². The lowest BCUT2D eigenvalue weighted by Gasteiger charge is -2.04. The molecule has 4 nitrogen and oxygen atoms in total. The molecule has 3 aromatic carbocycles. The van der Waals surface area contributed by atoms with E-state index in [0.717, 1.165) is 40.2 Å². The van der Waals surface area contributed by atoms with E-state index < -0.39 is 0 Å². The van der Waals surface area contributed by atoms with E-state index in [2.05, 4.69) is 62.4 Å². The zero-order chi connectivity index (χ0) is 19.8. The van der Waals surface area contributed by atoms with Gasteiger partial charge in [0.25, 0.3) is 0 Å². The quantitative estimate of drug-likeness (QED) is 0.383. The summed E-state index contributed by atoms with van der Waals surface area (Å²) in [6.45, 7) is 4.88. The van der Waals surface area contributed by atoms with E-state index in [0.29, 0.717) is 5.89 Å². The summed E-state index contributed by atoms with van der Waals surface area (Å²) in [6, 6.07) is 26.9. The van der Waals surface area contributed by atoms with Crippen LogP contribution in [0.4, 0.5) is 0 Å². The van der Waals surface area contributed by atoms with Crippen molar-refractivity contribution in [2.75, 3.05) is 0 Å². The molecule has 0 radical (unpaired) electrons. The highest BCUT2D eigenvalue weighted by atomic mass is 16.3. The lowest BCUT2D eigenvalue weighted by atomic mass is 10.1. The maximum Gasteiger partial charge on any atom is 0.248 e. The summed E-state index contributed by atoms with van der Waals surface area (Å²) in [5.41, 5.74) is 8.21. The fraction of sp³-hybridized carbons (Fsp3) is 0.120. The number of benzene rings is 3. The van der Waals surface area contributed by atoms with Crippen molar-refractivity contribution in [2.45, 2.75) is 20.4 Å². The molecule has 0 atom stereocenters. The molecule has 0 fully saturated rings. The van der Waals surface area contributed by atoms with Gasteiger partial charge in [0, 0.05) is 5.69 Å². The minimum Gasteiger partial charge on any atom is -0.435 e. The summed E-state index contributed by atoms with van der Waals surface area (Å²) in [5.74, 6) is 0.552. The fourth-order valence-corrected chi connectivity index (χ4v) is 3.49. The van der Waals surface area contributed by atoms with Crippen LogP contribution in [-0.4, -0.2) is 14.8 Å². The smallest absolute Gasteiger partial charge is 0.248 e. The largest absolute Gasteiger partial charge is 0.435 e. The Labute approximate surface area is 169 Å². The number of hydrogen-bond acceptors (Lipinski definition) is 3. The van der Waals surface area contributed by atoms with Crippen LogP contribution in [0.5, 0.6) is 0 Å². The van der Waals surface area contributed by atoms with E-state index in [1.54, 1.807) is 0 Å². The third-order valence-corrected chi connectivity index (χ3v) is 5.15. The van der Waals surface area contributed by atoms with Crippen molar-refractivity contribution in [2.24, 2.45) is 0 Å². The van der Waals surface area contributed by atoms with Gasteiger partial charge in [-0.3, -0.25) is 4.68 Å². The summed E-state index contributed by atoms with van der Waals surface area (Å²) in [4.78, 5) is 4.70. The Morgan fingerprint density at radius 3 is 2.41 bits per heavy atom. The molecule has 2 aromatic heterocycles. The first-order valence-corrected chi connectivity index (χ1v) is 9.72. The van der Waals surface area contributed by atoms with E-state index in [1.807, 2.05) is 35.0 Å². The molecular weight excluding hydrogens is 358 g/mol. The van der Waals surface area contributed by atoms with Crippen molar-refractivity contribution in [1.82, 2.24) is 14.8 Å². The number of fused-ring (bicyclic) bond motifs is 1. The van der Waals surface area contributed by atoms with Crippen LogP contribution in [0, 0.1) is 13.8 Å². The number of hydrogen-bond donors (Lipinski definition) is 0. The molecule has 0 N–H and O–H groups in total. The Bertz CT molecular complexity index is 1280. The zero-order valence-corrected chi connectivity index (χ0v) is 16.5. The van der Waals surface area contributed by atoms with Crippen LogP contribution in [0.25, 0.3) is 33.8 Å². The summed E-state index contributed by atoms with van der Waals surface area (Å²) in [6.07, 6.45) is 0. The van der Waals surface area contributed by atoms with Gasteiger partial charge in [-0.25, -0.2) is 4.98 Å². The number of nitrogens with zero attached hydrogens (tertiary/aromatic N) is 3. The molecule has 0 bridgehead atoms. The van der Waals surface area contributed by atoms with Crippen LogP contribution in [0.2, 0.25) is 0 Å². The summed E-state index contributed by atoms with van der Waals surface area (Å²) >= 11 is 0. The molecule has 0 spiro atoms. The standard InChI is InChI=1S/C25H21N3O/c1-17-8-10-19(11-9-17)16-28-18(2)14-23(27-28)25-26-22-15-21(12-13-24(22)29-25)20-6-4-3-5-7-20/h3-15H,16H2,1-2H3. The molecule has 0 aliphatic heterocycles. The van der Waals surface area contributed by atoms with Gasteiger partial charge in [0.05, 0.1) is 6.54 Å². The Morgan fingerprint density at radius 2 is 1.62 bits per heavy atom. The highest BCUT2D eigenvalue weighted by Crippen LogP contribution is 2.28. The van der Waals surface area contributed by atoms with Crippen molar-refractivity contribution in [3.05, 3.63) is 95.7 Å². The van der Waals surface area contributed by atoms with Gasteiger partial charge in [0.1, 0.15) is 11.2 Å². The van der Waals surface area contributed by atoms with E-state index in [9.17, 15) is 0 Å². The number of oxazole rings is 1. The second-order valence-electron chi connectivity index (χ2n) is 7.38. The van der Waals surface area contributed by atoms with Gasteiger partial charge in [0.2, 0.25) is 5.89 Å². The van der Waals surface area contributed by atoms with Gasteiger partial charge in [-0.15, -0.1) is 0 Å². The summed E-state index contributed by atoms with van der Waals surface area (Å²) in [7, 11) is 0. The highest BCUT2D eigenvalue weighted by molar-refractivity contribution is 5.82. The molecule has 0 saturated carbocycles. The first kappa shape index (κ1) is 17.4. The molecule has 5 rings (SSSR count). The van der Waals surface area contributed by atoms with Crippen LogP contribution >= 0.6 is 0 Å². The van der Waals surface area contributed by atoms with Crippen molar-refractivity contribution in [3.63, 3.8) is 0 Å². The minimum absolute atomic E-state index is 0.552. The molecule has 2 heterocycles. The molecule has 5 aromatic rings. The van der Waals surface area contributed by atoms with Gasteiger partial charge in [0.15, 0.2) is 5.58 Å². The number of aromatic nitrogens is 3. The Hall–Kier alpha value is -3.66. The van der Waals surface area contributed by atoms with E-state index in [-0.39, 0.29) is 0 Å². The average Bonchev–Trinajstić information content (AvgIpc) is 3.33. The third-order valence-electron chi connectivity index (χ3n) is 5.15. The summed E-state index contributed by atoms with van der Waals surface area (Å²) < 4.78 is 7.98. The Balaban J connectivity index is 1.47. The van der Waals surface area contributed by atoms with Crippen LogP contribution < -0.4 is 0 Å². The van der Waals surface area contributed by atoms with Crippen molar-refractivity contribution in [3.8, 4) is 22.7 Å². The highest BCUT2D eigenvalue weighted by Gasteiger charge is 2.14. The van der Waals surface area contributed by atoms with E-state index in [4.69, 9.17) is 14.5 Å². The topological polar surface area (TPSA) is 43.9 Å². The monoisotopic (exact) mass is 379 g/mol. The SMILES string of the molecule is Cc1ccc(Cn2nc(-c3nc4cc(-c5ccccc5)ccc4o3)cc2C)cc1. The second-order valence-corrected chi connectivity index (χ2v) is 7.38. The molecule has 29 heavy (non-hydrogen) atoms. The van der Waals surface area contributed by atoms with E-state index in [1.165, 1.54) is 11.1 Å². The Kier molecular flexibility index (Phi) is 4.24. The molecule has 4 heteroatoms. The maximum absolute atomic E-state index is 5.99. The van der Waals surface area contributed by atoms with Crippen LogP contribution in [0.1, 0.15) is 16.8 Å². The molecule has 142 valence electrons. The van der Waals surface area contributed by atoms with Gasteiger partial charge in [-0.2, -0.15) is 5.10 Å². The molecule has 0 amide bonds. The van der Waals surface area contributed by atoms with Gasteiger partial charge in [-0.1, -0.05) is 66.2 Å². The Morgan fingerprint density at radius 1 is 0.828 bits per heavy atom. The van der Waals surface area contributed by atoms with Crippen molar-refractivity contribution in [1.29, 1.82) is 0 Å². The minimum atomic E-state index is 0.552. The fourth-order valence-electron chi connectivity index (χ4n) is 3.49. The second kappa shape index (κ2) is 7.06. The molecule has 0 unspecified atom stereocenters. The van der Waals surface area contributed by atoms with Crippen molar-refractivity contribution < 1.29 is 4.42 Å². The third kappa shape index (κ3) is 3.45. The van der Waals surface area contributed by atoms with Crippen LogP contribution in [-0.2, 0) is 6.54 Å². The van der Waals surface area contributed by atoms with Gasteiger partial charge >= 0.3 is 0 Å². The molecular formula is C25H21N3O. The molecule has 0 aliphatic rings. The number of aryl methyl sites for hydroxylation is 2.